The number of benzene rings is 1. The topological polar surface area (TPSA) is 84.5 Å². The molecular weight excluding hydrogens is 316 g/mol. The highest BCUT2D eigenvalue weighted by atomic mass is 32.2. The summed E-state index contributed by atoms with van der Waals surface area (Å²) in [6.07, 6.45) is 5.74. The zero-order valence-electron chi connectivity index (χ0n) is 13.6. The molecule has 0 heterocycles. The fourth-order valence-corrected chi connectivity index (χ4v) is 3.96. The standard InChI is InChI=1S/C16H24N2O4S/c1-12(19)18-15-9-8-14(10-16(15)22-2)23(20,21)17-11-13-6-4-3-5-7-13/h8-10,13,17H,3-7,11H2,1-2H3,(H,18,19). The van der Waals surface area contributed by atoms with Gasteiger partial charge in [-0.05, 0) is 30.9 Å². The molecule has 0 unspecified atom stereocenters. The van der Waals surface area contributed by atoms with Crippen molar-refractivity contribution >= 4 is 21.6 Å². The summed E-state index contributed by atoms with van der Waals surface area (Å²) in [5, 5.41) is 2.61. The summed E-state index contributed by atoms with van der Waals surface area (Å²) in [7, 11) is -2.14. The van der Waals surface area contributed by atoms with E-state index in [-0.39, 0.29) is 10.8 Å². The van der Waals surface area contributed by atoms with E-state index in [1.54, 1.807) is 0 Å². The Morgan fingerprint density at radius 2 is 1.96 bits per heavy atom. The van der Waals surface area contributed by atoms with Gasteiger partial charge in [-0.3, -0.25) is 4.79 Å². The van der Waals surface area contributed by atoms with Gasteiger partial charge in [-0.2, -0.15) is 0 Å². The molecule has 128 valence electrons. The normalized spacial score (nSPS) is 16.1. The maximum absolute atomic E-state index is 12.4. The van der Waals surface area contributed by atoms with Crippen LogP contribution in [0.1, 0.15) is 39.0 Å². The number of carbonyl (C=O) groups is 1. The van der Waals surface area contributed by atoms with Crippen molar-refractivity contribution in [1.82, 2.24) is 4.72 Å². The van der Waals surface area contributed by atoms with Crippen LogP contribution in [0.3, 0.4) is 0 Å². The van der Waals surface area contributed by atoms with E-state index in [9.17, 15) is 13.2 Å². The van der Waals surface area contributed by atoms with E-state index < -0.39 is 10.0 Å². The third-order valence-electron chi connectivity index (χ3n) is 4.08. The number of carbonyl (C=O) groups excluding carboxylic acids is 1. The minimum absolute atomic E-state index is 0.138. The highest BCUT2D eigenvalue weighted by Crippen LogP contribution is 2.28. The SMILES string of the molecule is COc1cc(S(=O)(=O)NCC2CCCCC2)ccc1NC(C)=O. The van der Waals surface area contributed by atoms with Crippen molar-refractivity contribution in [3.63, 3.8) is 0 Å². The van der Waals surface area contributed by atoms with Crippen molar-refractivity contribution < 1.29 is 17.9 Å². The van der Waals surface area contributed by atoms with Crippen LogP contribution < -0.4 is 14.8 Å². The van der Waals surface area contributed by atoms with Crippen LogP contribution in [-0.2, 0) is 14.8 Å². The Hall–Kier alpha value is -1.60. The van der Waals surface area contributed by atoms with Crippen molar-refractivity contribution in [1.29, 1.82) is 0 Å². The van der Waals surface area contributed by atoms with E-state index in [1.807, 2.05) is 0 Å². The van der Waals surface area contributed by atoms with Crippen LogP contribution in [-0.4, -0.2) is 28.0 Å². The molecule has 0 radical (unpaired) electrons. The molecular formula is C16H24N2O4S. The van der Waals surface area contributed by atoms with Crippen molar-refractivity contribution in [2.45, 2.75) is 43.9 Å². The summed E-state index contributed by atoms with van der Waals surface area (Å²) in [6.45, 7) is 1.86. The third kappa shape index (κ3) is 4.94. The van der Waals surface area contributed by atoms with E-state index in [2.05, 4.69) is 10.0 Å². The number of amides is 1. The molecule has 1 aliphatic carbocycles. The molecule has 1 fully saturated rings. The van der Waals surface area contributed by atoms with Crippen molar-refractivity contribution in [2.24, 2.45) is 5.92 Å². The predicted molar refractivity (Wildman–Crippen MR) is 89.1 cm³/mol. The fraction of sp³-hybridized carbons (Fsp3) is 0.562. The summed E-state index contributed by atoms with van der Waals surface area (Å²) in [5.41, 5.74) is 0.450. The molecule has 0 aromatic heterocycles. The lowest BCUT2D eigenvalue weighted by atomic mass is 9.90. The zero-order valence-corrected chi connectivity index (χ0v) is 14.4. The van der Waals surface area contributed by atoms with Crippen LogP contribution in [0.25, 0.3) is 0 Å². The third-order valence-corrected chi connectivity index (χ3v) is 5.50. The summed E-state index contributed by atoms with van der Waals surface area (Å²) in [6, 6.07) is 4.43. The van der Waals surface area contributed by atoms with Crippen LogP contribution in [0.4, 0.5) is 5.69 Å². The van der Waals surface area contributed by atoms with E-state index in [0.29, 0.717) is 23.9 Å². The van der Waals surface area contributed by atoms with Gasteiger partial charge in [0.25, 0.3) is 0 Å². The Labute approximate surface area is 137 Å². The molecule has 0 spiro atoms. The van der Waals surface area contributed by atoms with Gasteiger partial charge in [0.15, 0.2) is 0 Å². The predicted octanol–water partition coefficient (Wildman–Crippen LogP) is 2.51. The minimum atomic E-state index is -3.58. The molecule has 1 aliphatic rings. The van der Waals surface area contributed by atoms with Gasteiger partial charge in [-0.25, -0.2) is 13.1 Å². The maximum Gasteiger partial charge on any atom is 0.240 e. The molecule has 7 heteroatoms. The Morgan fingerprint density at radius 1 is 1.26 bits per heavy atom. The van der Waals surface area contributed by atoms with Crippen molar-refractivity contribution in [3.8, 4) is 5.75 Å². The fourth-order valence-electron chi connectivity index (χ4n) is 2.83. The summed E-state index contributed by atoms with van der Waals surface area (Å²) >= 11 is 0. The van der Waals surface area contributed by atoms with Gasteiger partial charge in [0.1, 0.15) is 5.75 Å². The second-order valence-corrected chi connectivity index (χ2v) is 7.67. The second kappa shape index (κ2) is 7.79. The molecule has 0 bridgehead atoms. The van der Waals surface area contributed by atoms with Crippen LogP contribution in [0.15, 0.2) is 23.1 Å². The quantitative estimate of drug-likeness (QED) is 0.833. The molecule has 0 saturated heterocycles. The average Bonchev–Trinajstić information content (AvgIpc) is 2.54. The lowest BCUT2D eigenvalue weighted by Gasteiger charge is -2.21. The van der Waals surface area contributed by atoms with Gasteiger partial charge < -0.3 is 10.1 Å². The Balaban J connectivity index is 2.10. The lowest BCUT2D eigenvalue weighted by Crippen LogP contribution is -2.30. The monoisotopic (exact) mass is 340 g/mol. The van der Waals surface area contributed by atoms with Crippen molar-refractivity contribution in [3.05, 3.63) is 18.2 Å². The number of ether oxygens (including phenoxy) is 1. The lowest BCUT2D eigenvalue weighted by molar-refractivity contribution is -0.114. The van der Waals surface area contributed by atoms with E-state index in [1.165, 1.54) is 51.5 Å². The molecule has 1 aromatic rings. The highest BCUT2D eigenvalue weighted by molar-refractivity contribution is 7.89. The zero-order chi connectivity index (χ0) is 16.9. The number of rotatable bonds is 6. The molecule has 6 nitrogen and oxygen atoms in total. The number of sulfonamides is 1. The van der Waals surface area contributed by atoms with E-state index in [0.717, 1.165) is 12.8 Å². The van der Waals surface area contributed by atoms with Gasteiger partial charge in [0, 0.05) is 19.5 Å². The van der Waals surface area contributed by atoms with Crippen LogP contribution in [0.2, 0.25) is 0 Å². The summed E-state index contributed by atoms with van der Waals surface area (Å²) in [5.74, 6) is 0.495. The number of anilines is 1. The van der Waals surface area contributed by atoms with Gasteiger partial charge in [-0.1, -0.05) is 19.3 Å². The molecule has 1 saturated carbocycles. The summed E-state index contributed by atoms with van der Waals surface area (Å²) in [4.78, 5) is 11.3. The Morgan fingerprint density at radius 3 is 2.57 bits per heavy atom. The average molecular weight is 340 g/mol. The first-order valence-corrected chi connectivity index (χ1v) is 9.36. The Bertz CT molecular complexity index is 652. The highest BCUT2D eigenvalue weighted by Gasteiger charge is 2.20. The van der Waals surface area contributed by atoms with E-state index >= 15 is 0 Å². The molecule has 1 amide bonds. The molecule has 2 rings (SSSR count). The van der Waals surface area contributed by atoms with Crippen molar-refractivity contribution in [2.75, 3.05) is 19.0 Å². The first-order chi connectivity index (χ1) is 10.9. The van der Waals surface area contributed by atoms with Crippen LogP contribution in [0.5, 0.6) is 5.75 Å². The second-order valence-electron chi connectivity index (χ2n) is 5.90. The van der Waals surface area contributed by atoms with Gasteiger partial charge >= 0.3 is 0 Å². The smallest absolute Gasteiger partial charge is 0.240 e. The molecule has 0 aliphatic heterocycles. The molecule has 1 aromatic carbocycles. The van der Waals surface area contributed by atoms with Gasteiger partial charge in [-0.15, -0.1) is 0 Å². The number of nitrogens with one attached hydrogen (secondary N) is 2. The van der Waals surface area contributed by atoms with E-state index in [4.69, 9.17) is 4.74 Å². The summed E-state index contributed by atoms with van der Waals surface area (Å²) < 4.78 is 32.7. The first kappa shape index (κ1) is 17.7. The van der Waals surface area contributed by atoms with Crippen LogP contribution >= 0.6 is 0 Å². The largest absolute Gasteiger partial charge is 0.495 e. The first-order valence-electron chi connectivity index (χ1n) is 7.87. The molecule has 0 atom stereocenters. The van der Waals surface area contributed by atoms with Crippen LogP contribution in [0, 0.1) is 5.92 Å². The molecule has 2 N–H and O–H groups in total. The minimum Gasteiger partial charge on any atom is -0.495 e. The van der Waals surface area contributed by atoms with Gasteiger partial charge in [0.2, 0.25) is 15.9 Å². The number of methoxy groups -OCH3 is 1. The number of hydrogen-bond donors (Lipinski definition) is 2. The molecule has 23 heavy (non-hydrogen) atoms. The number of hydrogen-bond acceptors (Lipinski definition) is 4. The maximum atomic E-state index is 12.4. The Kier molecular flexibility index (Phi) is 6.01. The van der Waals surface area contributed by atoms with Gasteiger partial charge in [0.05, 0.1) is 17.7 Å².